The molecule has 0 amide bonds. The van der Waals surface area contributed by atoms with Crippen molar-refractivity contribution in [3.63, 3.8) is 0 Å². The molecule has 1 N–H and O–H groups in total. The summed E-state index contributed by atoms with van der Waals surface area (Å²) in [6.45, 7) is 3.76. The number of hydrogen-bond acceptors (Lipinski definition) is 1. The molecule has 0 aliphatic heterocycles. The first-order valence-corrected chi connectivity index (χ1v) is 5.53. The Kier molecular flexibility index (Phi) is 3.41. The molecule has 0 bridgehead atoms. The van der Waals surface area contributed by atoms with Crippen LogP contribution in [0.1, 0.15) is 27.2 Å². The van der Waals surface area contributed by atoms with Crippen molar-refractivity contribution < 1.29 is 36.2 Å². The van der Waals surface area contributed by atoms with E-state index in [1.807, 2.05) is 0 Å². The molecule has 0 saturated heterocycles. The maximum atomic E-state index is 13.1. The lowest BCUT2D eigenvalue weighted by atomic mass is 9.45. The Morgan fingerprint density at radius 3 is 1.63 bits per heavy atom. The Bertz CT molecular complexity index is 362. The predicted molar refractivity (Wildman–Crippen MR) is 53.2 cm³/mol. The zero-order valence-corrected chi connectivity index (χ0v) is 10.5. The lowest BCUT2D eigenvalue weighted by Gasteiger charge is -2.59. The number of alkyl halides is 6. The molecule has 2 atom stereocenters. The maximum absolute atomic E-state index is 13.1. The van der Waals surface area contributed by atoms with Crippen LogP contribution in [0.25, 0.3) is 0 Å². The Morgan fingerprint density at radius 1 is 1.05 bits per heavy atom. The van der Waals surface area contributed by atoms with Crippen molar-refractivity contribution >= 4 is 5.97 Å². The molecular formula is C11H14F6O2. The number of aliphatic carboxylic acids is 1. The van der Waals surface area contributed by atoms with Crippen molar-refractivity contribution in [2.75, 3.05) is 0 Å². The summed E-state index contributed by atoms with van der Waals surface area (Å²) in [4.78, 5) is 10.8. The summed E-state index contributed by atoms with van der Waals surface area (Å²) < 4.78 is 78.4. The lowest BCUT2D eigenvalue weighted by Crippen LogP contribution is -2.70. The minimum Gasteiger partial charge on any atom is -0.481 e. The highest BCUT2D eigenvalue weighted by atomic mass is 19.4. The fourth-order valence-corrected chi connectivity index (χ4v) is 2.97. The average molecular weight is 292 g/mol. The van der Waals surface area contributed by atoms with Crippen LogP contribution in [0.2, 0.25) is 0 Å². The van der Waals surface area contributed by atoms with Crippen molar-refractivity contribution in [2.24, 2.45) is 22.7 Å². The molecule has 2 nitrogen and oxygen atoms in total. The quantitative estimate of drug-likeness (QED) is 0.745. The largest absolute Gasteiger partial charge is 0.481 e. The van der Waals surface area contributed by atoms with Gasteiger partial charge in [-0.3, -0.25) is 4.79 Å². The molecule has 2 unspecified atom stereocenters. The zero-order valence-electron chi connectivity index (χ0n) is 10.5. The monoisotopic (exact) mass is 292 g/mol. The fraction of sp³-hybridized carbons (Fsp3) is 0.909. The van der Waals surface area contributed by atoms with Gasteiger partial charge in [-0.05, 0) is 17.8 Å². The maximum Gasteiger partial charge on any atom is 0.404 e. The SMILES string of the molecule is CC(C)(C)C1CC(C(=O)O)C1(C(F)(F)F)C(F)(F)F. The van der Waals surface area contributed by atoms with Crippen LogP contribution in [0.15, 0.2) is 0 Å². The molecule has 112 valence electrons. The Hall–Kier alpha value is -0.950. The summed E-state index contributed by atoms with van der Waals surface area (Å²) >= 11 is 0. The standard InChI is InChI=1S/C11H14F6O2/c1-8(2,3)6-4-5(7(18)19)9(6,10(12,13)14)11(15,16)17/h5-6H,4H2,1-3H3,(H,18,19). The van der Waals surface area contributed by atoms with Gasteiger partial charge in [0.2, 0.25) is 0 Å². The topological polar surface area (TPSA) is 37.3 Å². The number of carboxylic acids is 1. The molecule has 0 radical (unpaired) electrons. The molecule has 1 aliphatic carbocycles. The Balaban J connectivity index is 3.48. The van der Waals surface area contributed by atoms with Crippen LogP contribution in [-0.4, -0.2) is 23.4 Å². The fourth-order valence-electron chi connectivity index (χ4n) is 2.97. The van der Waals surface area contributed by atoms with E-state index >= 15 is 0 Å². The van der Waals surface area contributed by atoms with Crippen molar-refractivity contribution in [1.82, 2.24) is 0 Å². The van der Waals surface area contributed by atoms with E-state index in [9.17, 15) is 31.1 Å². The number of halogens is 6. The number of carboxylic acid groups (broad SMARTS) is 1. The first-order chi connectivity index (χ1) is 8.17. The van der Waals surface area contributed by atoms with Gasteiger partial charge in [0.25, 0.3) is 0 Å². The van der Waals surface area contributed by atoms with E-state index in [1.165, 1.54) is 20.8 Å². The highest BCUT2D eigenvalue weighted by Gasteiger charge is 2.84. The van der Waals surface area contributed by atoms with Gasteiger partial charge in [0, 0.05) is 0 Å². The third-order valence-electron chi connectivity index (χ3n) is 3.85. The van der Waals surface area contributed by atoms with Crippen LogP contribution in [-0.2, 0) is 4.79 Å². The van der Waals surface area contributed by atoms with E-state index < -0.39 is 47.4 Å². The molecule has 1 aliphatic rings. The molecule has 0 aromatic rings. The second-order valence-corrected chi connectivity index (χ2v) is 5.91. The summed E-state index contributed by atoms with van der Waals surface area (Å²) in [7, 11) is 0. The van der Waals surface area contributed by atoms with Crippen LogP contribution >= 0.6 is 0 Å². The first-order valence-electron chi connectivity index (χ1n) is 5.53. The van der Waals surface area contributed by atoms with Crippen molar-refractivity contribution in [2.45, 2.75) is 39.5 Å². The van der Waals surface area contributed by atoms with Crippen LogP contribution in [0.4, 0.5) is 26.3 Å². The molecule has 8 heteroatoms. The summed E-state index contributed by atoms with van der Waals surface area (Å²) in [5.74, 6) is -6.34. The predicted octanol–water partition coefficient (Wildman–Crippen LogP) is 3.86. The Labute approximate surface area is 105 Å². The van der Waals surface area contributed by atoms with Crippen molar-refractivity contribution in [3.8, 4) is 0 Å². The van der Waals surface area contributed by atoms with Gasteiger partial charge in [0.1, 0.15) is 0 Å². The Morgan fingerprint density at radius 2 is 1.42 bits per heavy atom. The molecule has 0 aromatic heterocycles. The third kappa shape index (κ3) is 2.08. The number of hydrogen-bond donors (Lipinski definition) is 1. The molecular weight excluding hydrogens is 278 g/mol. The van der Waals surface area contributed by atoms with E-state index in [0.717, 1.165) is 0 Å². The van der Waals surface area contributed by atoms with Gasteiger partial charge in [-0.15, -0.1) is 0 Å². The smallest absolute Gasteiger partial charge is 0.404 e. The average Bonchev–Trinajstić information content (AvgIpc) is 1.89. The van der Waals surface area contributed by atoms with Gasteiger partial charge in [0.15, 0.2) is 5.41 Å². The molecule has 1 fully saturated rings. The minimum atomic E-state index is -5.65. The van der Waals surface area contributed by atoms with Gasteiger partial charge in [-0.2, -0.15) is 26.3 Å². The van der Waals surface area contributed by atoms with Gasteiger partial charge < -0.3 is 5.11 Å². The second kappa shape index (κ2) is 4.02. The zero-order chi connectivity index (χ0) is 15.4. The highest BCUT2D eigenvalue weighted by molar-refractivity contribution is 5.73. The first kappa shape index (κ1) is 16.1. The van der Waals surface area contributed by atoms with Crippen LogP contribution in [0.5, 0.6) is 0 Å². The van der Waals surface area contributed by atoms with E-state index in [-0.39, 0.29) is 0 Å². The van der Waals surface area contributed by atoms with E-state index in [1.54, 1.807) is 0 Å². The second-order valence-electron chi connectivity index (χ2n) is 5.91. The van der Waals surface area contributed by atoms with Gasteiger partial charge in [0.05, 0.1) is 5.92 Å². The van der Waals surface area contributed by atoms with E-state index in [0.29, 0.717) is 0 Å². The number of carbonyl (C=O) groups is 1. The van der Waals surface area contributed by atoms with Crippen LogP contribution < -0.4 is 0 Å². The van der Waals surface area contributed by atoms with Gasteiger partial charge in [-0.25, -0.2) is 0 Å². The molecule has 19 heavy (non-hydrogen) atoms. The summed E-state index contributed by atoms with van der Waals surface area (Å²) in [5, 5.41) is 8.68. The highest BCUT2D eigenvalue weighted by Crippen LogP contribution is 2.71. The van der Waals surface area contributed by atoms with Gasteiger partial charge >= 0.3 is 18.3 Å². The molecule has 0 aromatic carbocycles. The van der Waals surface area contributed by atoms with Crippen LogP contribution in [0.3, 0.4) is 0 Å². The molecule has 1 rings (SSSR count). The normalized spacial score (nSPS) is 27.8. The van der Waals surface area contributed by atoms with Crippen LogP contribution in [0, 0.1) is 22.7 Å². The number of rotatable bonds is 1. The summed E-state index contributed by atoms with van der Waals surface area (Å²) in [6, 6.07) is 0. The van der Waals surface area contributed by atoms with Crippen molar-refractivity contribution in [3.05, 3.63) is 0 Å². The molecule has 0 spiro atoms. The van der Waals surface area contributed by atoms with Gasteiger partial charge in [-0.1, -0.05) is 20.8 Å². The minimum absolute atomic E-state index is 0.627. The van der Waals surface area contributed by atoms with E-state index in [4.69, 9.17) is 5.11 Å². The molecule has 1 saturated carbocycles. The summed E-state index contributed by atoms with van der Waals surface area (Å²) in [5.41, 5.74) is -5.46. The lowest BCUT2D eigenvalue weighted by molar-refractivity contribution is -0.414. The van der Waals surface area contributed by atoms with Crippen molar-refractivity contribution in [1.29, 1.82) is 0 Å². The molecule has 0 heterocycles. The van der Waals surface area contributed by atoms with E-state index in [2.05, 4.69) is 0 Å². The summed E-state index contributed by atoms with van der Waals surface area (Å²) in [6.07, 6.45) is -11.9. The third-order valence-corrected chi connectivity index (χ3v) is 3.85.